The Morgan fingerprint density at radius 1 is 1.00 bits per heavy atom. The van der Waals surface area contributed by atoms with Gasteiger partial charge >= 0.3 is 6.09 Å². The van der Waals surface area contributed by atoms with Gasteiger partial charge in [-0.3, -0.25) is 24.3 Å². The first kappa shape index (κ1) is 43.5. The third kappa shape index (κ3) is 12.4. The Hall–Kier alpha value is -4.24. The molecule has 1 fully saturated rings. The first-order chi connectivity index (χ1) is 26.0. The summed E-state index contributed by atoms with van der Waals surface area (Å²) in [7, 11) is 3.20. The molecule has 1 aliphatic heterocycles. The van der Waals surface area contributed by atoms with Crippen LogP contribution in [0.1, 0.15) is 76.2 Å². The summed E-state index contributed by atoms with van der Waals surface area (Å²) in [6, 6.07) is 12.9. The molecular formula is C41H60N6O7S. The number of aliphatic hydroxyl groups excluding tert-OH is 1. The normalized spacial score (nSPS) is 17.1. The number of thiazole rings is 1. The fourth-order valence-corrected chi connectivity index (χ4v) is 7.72. The van der Waals surface area contributed by atoms with Crippen molar-refractivity contribution < 1.29 is 34.1 Å². The predicted octanol–water partition coefficient (Wildman–Crippen LogP) is 4.98. The van der Waals surface area contributed by atoms with E-state index in [0.29, 0.717) is 49.8 Å². The Balaban J connectivity index is 1.57. The van der Waals surface area contributed by atoms with E-state index < -0.39 is 41.8 Å². The van der Waals surface area contributed by atoms with Gasteiger partial charge in [0, 0.05) is 49.6 Å². The van der Waals surface area contributed by atoms with Gasteiger partial charge in [-0.2, -0.15) is 0 Å². The molecule has 3 aromatic rings. The lowest BCUT2D eigenvalue weighted by Crippen LogP contribution is -2.63. The van der Waals surface area contributed by atoms with Crippen molar-refractivity contribution in [1.29, 1.82) is 0 Å². The molecule has 302 valence electrons. The van der Waals surface area contributed by atoms with Crippen LogP contribution in [0, 0.1) is 5.92 Å². The highest BCUT2D eigenvalue weighted by Gasteiger charge is 2.39. The maximum atomic E-state index is 14.2. The van der Waals surface area contributed by atoms with Crippen LogP contribution in [0.4, 0.5) is 4.79 Å². The van der Waals surface area contributed by atoms with Gasteiger partial charge in [0.15, 0.2) is 11.5 Å². The van der Waals surface area contributed by atoms with Crippen LogP contribution < -0.4 is 20.1 Å². The van der Waals surface area contributed by atoms with E-state index in [4.69, 9.17) is 9.47 Å². The SMILES string of the molecule is COc1ccc(CN2CCN(C[C@H](O)[C@H](Cc3ccccc3)NC(=O)[C@H](C(C)C)N(Cc3csc(C(C)C)n3)C(=O)O)[C@H](C(=O)NC(C)(C)C)C2)cc1OC. The summed E-state index contributed by atoms with van der Waals surface area (Å²) < 4.78 is 10.9. The lowest BCUT2D eigenvalue weighted by atomic mass is 9.96. The number of carbonyl (C=O) groups is 3. The van der Waals surface area contributed by atoms with Gasteiger partial charge in [0.2, 0.25) is 11.8 Å². The van der Waals surface area contributed by atoms with E-state index >= 15 is 0 Å². The zero-order chi connectivity index (χ0) is 40.4. The zero-order valence-corrected chi connectivity index (χ0v) is 34.6. The topological polar surface area (TPSA) is 157 Å². The second-order valence-electron chi connectivity index (χ2n) is 16.0. The van der Waals surface area contributed by atoms with Gasteiger partial charge < -0.3 is 30.3 Å². The van der Waals surface area contributed by atoms with Crippen molar-refractivity contribution in [1.82, 2.24) is 30.3 Å². The van der Waals surface area contributed by atoms with Gasteiger partial charge in [-0.15, -0.1) is 11.3 Å². The van der Waals surface area contributed by atoms with Crippen LogP contribution in [0.25, 0.3) is 0 Å². The molecule has 3 amide bonds. The fraction of sp³-hybridized carbons (Fsp3) is 0.561. The summed E-state index contributed by atoms with van der Waals surface area (Å²) >= 11 is 1.47. The molecule has 4 N–H and O–H groups in total. The van der Waals surface area contributed by atoms with E-state index in [0.717, 1.165) is 21.0 Å². The lowest BCUT2D eigenvalue weighted by molar-refractivity contribution is -0.133. The second-order valence-corrected chi connectivity index (χ2v) is 16.9. The Morgan fingerprint density at radius 3 is 2.27 bits per heavy atom. The first-order valence-corrected chi connectivity index (χ1v) is 19.8. The highest BCUT2D eigenvalue weighted by molar-refractivity contribution is 7.09. The van der Waals surface area contributed by atoms with Gasteiger partial charge in [-0.1, -0.05) is 64.1 Å². The highest BCUT2D eigenvalue weighted by atomic mass is 32.1. The summed E-state index contributed by atoms with van der Waals surface area (Å²) in [5.74, 6) is 0.433. The minimum Gasteiger partial charge on any atom is -0.493 e. The number of aromatic nitrogens is 1. The molecule has 1 aromatic heterocycles. The monoisotopic (exact) mass is 780 g/mol. The number of amides is 3. The molecule has 1 aliphatic rings. The van der Waals surface area contributed by atoms with Crippen LogP contribution in [-0.4, -0.2) is 118 Å². The largest absolute Gasteiger partial charge is 0.493 e. The quantitative estimate of drug-likeness (QED) is 0.147. The number of rotatable bonds is 17. The van der Waals surface area contributed by atoms with Gasteiger partial charge in [0.1, 0.15) is 12.1 Å². The molecule has 2 aromatic carbocycles. The van der Waals surface area contributed by atoms with Crippen LogP contribution in [0.2, 0.25) is 0 Å². The van der Waals surface area contributed by atoms with Gasteiger partial charge in [-0.05, 0) is 56.4 Å². The van der Waals surface area contributed by atoms with Crippen LogP contribution in [-0.2, 0) is 29.1 Å². The predicted molar refractivity (Wildman–Crippen MR) is 215 cm³/mol. The van der Waals surface area contributed by atoms with Crippen LogP contribution in [0.3, 0.4) is 0 Å². The first-order valence-electron chi connectivity index (χ1n) is 18.9. The van der Waals surface area contributed by atoms with Gasteiger partial charge in [0.05, 0.1) is 43.6 Å². The molecule has 1 saturated heterocycles. The third-order valence-corrected chi connectivity index (χ3v) is 10.8. The molecule has 0 spiro atoms. The molecule has 0 bridgehead atoms. The Bertz CT molecular complexity index is 1710. The third-order valence-electron chi connectivity index (χ3n) is 9.62. The minimum atomic E-state index is -1.23. The van der Waals surface area contributed by atoms with Crippen molar-refractivity contribution in [2.45, 2.75) is 104 Å². The lowest BCUT2D eigenvalue weighted by Gasteiger charge is -2.43. The summed E-state index contributed by atoms with van der Waals surface area (Å²) in [6.45, 7) is 15.7. The molecule has 55 heavy (non-hydrogen) atoms. The standard InChI is InChI=1S/C41H60N6O7S/c1-26(2)36(47(40(51)52)22-30-25-55-39(42-30)27(3)4)38(50)43-31(19-28-13-11-10-12-14-28)33(48)24-46-18-17-45(23-32(46)37(49)44-41(5,6)7)21-29-15-16-34(53-8)35(20-29)54-9/h10-16,20,25-27,31-33,36,48H,17-19,21-24H2,1-9H3,(H,43,50)(H,44,49)(H,51,52)/t31-,32-,33-,36-/m0/s1. The number of ether oxygens (including phenoxy) is 2. The molecule has 4 rings (SSSR count). The number of carbonyl (C=O) groups excluding carboxylic acids is 2. The Labute approximate surface area is 330 Å². The summed E-state index contributed by atoms with van der Waals surface area (Å²) in [5.41, 5.74) is 2.01. The average molecular weight is 781 g/mol. The highest BCUT2D eigenvalue weighted by Crippen LogP contribution is 2.29. The fourth-order valence-electron chi connectivity index (χ4n) is 6.89. The molecule has 0 saturated carbocycles. The van der Waals surface area contributed by atoms with Crippen LogP contribution in [0.5, 0.6) is 11.5 Å². The van der Waals surface area contributed by atoms with E-state index in [9.17, 15) is 24.6 Å². The van der Waals surface area contributed by atoms with Crippen molar-refractivity contribution in [3.8, 4) is 11.5 Å². The van der Waals surface area contributed by atoms with E-state index in [1.807, 2.05) is 107 Å². The maximum Gasteiger partial charge on any atom is 0.408 e. The number of nitrogens with zero attached hydrogens (tertiary/aromatic N) is 4. The van der Waals surface area contributed by atoms with Gasteiger partial charge in [0.25, 0.3) is 0 Å². The average Bonchev–Trinajstić information content (AvgIpc) is 3.60. The van der Waals surface area contributed by atoms with Crippen molar-refractivity contribution in [3.05, 3.63) is 75.7 Å². The van der Waals surface area contributed by atoms with Crippen molar-refractivity contribution in [2.75, 3.05) is 40.4 Å². The molecular weight excluding hydrogens is 721 g/mol. The van der Waals surface area contributed by atoms with E-state index in [-0.39, 0.29) is 30.8 Å². The van der Waals surface area contributed by atoms with E-state index in [2.05, 4.69) is 20.5 Å². The van der Waals surface area contributed by atoms with Crippen molar-refractivity contribution in [2.24, 2.45) is 5.92 Å². The van der Waals surface area contributed by atoms with Crippen molar-refractivity contribution >= 4 is 29.2 Å². The molecule has 2 heterocycles. The zero-order valence-electron chi connectivity index (χ0n) is 33.7. The summed E-state index contributed by atoms with van der Waals surface area (Å²) in [6.07, 6.45) is -2.02. The molecule has 13 nitrogen and oxygen atoms in total. The van der Waals surface area contributed by atoms with E-state index in [1.165, 1.54) is 11.3 Å². The number of aliphatic hydroxyl groups is 1. The molecule has 14 heteroatoms. The molecule has 0 radical (unpaired) electrons. The smallest absolute Gasteiger partial charge is 0.408 e. The summed E-state index contributed by atoms with van der Waals surface area (Å²) in [5, 5.41) is 31.3. The number of hydrogen-bond acceptors (Lipinski definition) is 10. The number of piperazine rings is 1. The minimum absolute atomic E-state index is 0.0428. The summed E-state index contributed by atoms with van der Waals surface area (Å²) in [4.78, 5) is 50.7. The number of hydrogen-bond donors (Lipinski definition) is 4. The van der Waals surface area contributed by atoms with Gasteiger partial charge in [-0.25, -0.2) is 9.78 Å². The van der Waals surface area contributed by atoms with Crippen LogP contribution >= 0.6 is 11.3 Å². The second kappa shape index (κ2) is 19.6. The number of methoxy groups -OCH3 is 2. The molecule has 4 atom stereocenters. The van der Waals surface area contributed by atoms with Crippen LogP contribution in [0.15, 0.2) is 53.9 Å². The Kier molecular flexibility index (Phi) is 15.5. The number of benzene rings is 2. The molecule has 0 unspecified atom stereocenters. The Morgan fingerprint density at radius 2 is 1.69 bits per heavy atom. The molecule has 0 aliphatic carbocycles. The van der Waals surface area contributed by atoms with E-state index in [1.54, 1.807) is 14.2 Å². The maximum absolute atomic E-state index is 14.2. The number of nitrogens with one attached hydrogen (secondary N) is 2. The number of carboxylic acid groups (broad SMARTS) is 1. The van der Waals surface area contributed by atoms with Crippen molar-refractivity contribution in [3.63, 3.8) is 0 Å². The number of β-amino-alcohol motifs (C(OH)–C–C–N with tert-alkyl or cyclic N) is 1.